The fourth-order valence-corrected chi connectivity index (χ4v) is 3.26. The summed E-state index contributed by atoms with van der Waals surface area (Å²) in [5, 5.41) is 6.65. The fraction of sp³-hybridized carbons (Fsp3) is 0.478. The lowest BCUT2D eigenvalue weighted by Gasteiger charge is -2.15. The molecular formula is C23H33IN4O2. The standard InChI is InChI=1S/C23H32N4O2.HI/c1-4-24-23(26-15-20-8-5-7-18(3)27-20)25-14-19-11-10-17(2)13-22(19)29-16-21-9-6-12-28-21;/h5,7-8,10-11,13,21H,4,6,9,12,14-16H2,1-3H3,(H2,24,25,26);1H. The highest BCUT2D eigenvalue weighted by molar-refractivity contribution is 14.0. The number of aryl methyl sites for hydroxylation is 2. The number of aromatic nitrogens is 1. The molecule has 1 unspecified atom stereocenters. The molecule has 0 amide bonds. The number of ether oxygens (including phenoxy) is 2. The van der Waals surface area contributed by atoms with Crippen molar-refractivity contribution in [3.05, 3.63) is 58.9 Å². The van der Waals surface area contributed by atoms with E-state index in [4.69, 9.17) is 14.5 Å². The first kappa shape index (κ1) is 24.4. The zero-order valence-corrected chi connectivity index (χ0v) is 20.4. The second kappa shape index (κ2) is 12.7. The van der Waals surface area contributed by atoms with Crippen LogP contribution in [0.1, 0.15) is 42.3 Å². The number of benzene rings is 1. The van der Waals surface area contributed by atoms with E-state index in [1.165, 1.54) is 5.56 Å². The van der Waals surface area contributed by atoms with Crippen molar-refractivity contribution in [3.8, 4) is 5.75 Å². The zero-order chi connectivity index (χ0) is 20.5. The molecule has 6 nitrogen and oxygen atoms in total. The average molecular weight is 524 g/mol. The van der Waals surface area contributed by atoms with Crippen LogP contribution in [0, 0.1) is 13.8 Å². The van der Waals surface area contributed by atoms with Gasteiger partial charge in [0, 0.05) is 24.4 Å². The van der Waals surface area contributed by atoms with Crippen LogP contribution >= 0.6 is 24.0 Å². The van der Waals surface area contributed by atoms with Gasteiger partial charge in [-0.05, 0) is 57.4 Å². The van der Waals surface area contributed by atoms with Crippen LogP contribution in [0.25, 0.3) is 0 Å². The lowest BCUT2D eigenvalue weighted by molar-refractivity contribution is 0.0676. The Bertz CT molecular complexity index is 823. The van der Waals surface area contributed by atoms with Gasteiger partial charge in [0.25, 0.3) is 0 Å². The molecule has 1 aliphatic heterocycles. The number of nitrogens with zero attached hydrogens (tertiary/aromatic N) is 2. The van der Waals surface area contributed by atoms with Crippen molar-refractivity contribution in [1.29, 1.82) is 0 Å². The molecule has 0 aliphatic carbocycles. The minimum absolute atomic E-state index is 0. The van der Waals surface area contributed by atoms with E-state index in [0.717, 1.165) is 54.7 Å². The number of hydrogen-bond acceptors (Lipinski definition) is 4. The Kier molecular flexibility index (Phi) is 10.4. The summed E-state index contributed by atoms with van der Waals surface area (Å²) in [7, 11) is 0. The van der Waals surface area contributed by atoms with Crippen molar-refractivity contribution in [2.75, 3.05) is 19.8 Å². The smallest absolute Gasteiger partial charge is 0.191 e. The third kappa shape index (κ3) is 7.75. The lowest BCUT2D eigenvalue weighted by Crippen LogP contribution is -2.37. The molecule has 30 heavy (non-hydrogen) atoms. The Hall–Kier alpha value is -1.87. The molecule has 2 N–H and O–H groups in total. The van der Waals surface area contributed by atoms with E-state index in [1.807, 2.05) is 25.1 Å². The van der Waals surface area contributed by atoms with E-state index in [2.05, 4.69) is 47.7 Å². The molecular weight excluding hydrogens is 491 g/mol. The van der Waals surface area contributed by atoms with E-state index in [0.29, 0.717) is 19.7 Å². The van der Waals surface area contributed by atoms with Gasteiger partial charge in [-0.15, -0.1) is 24.0 Å². The average Bonchev–Trinajstić information content (AvgIpc) is 3.23. The van der Waals surface area contributed by atoms with Crippen molar-refractivity contribution >= 4 is 29.9 Å². The summed E-state index contributed by atoms with van der Waals surface area (Å²) in [5.74, 6) is 1.65. The quantitative estimate of drug-likeness (QED) is 0.309. The number of halogens is 1. The van der Waals surface area contributed by atoms with Gasteiger partial charge in [-0.2, -0.15) is 0 Å². The number of nitrogens with one attached hydrogen (secondary N) is 2. The van der Waals surface area contributed by atoms with Crippen LogP contribution in [0.5, 0.6) is 5.75 Å². The molecule has 1 atom stereocenters. The van der Waals surface area contributed by atoms with Gasteiger partial charge < -0.3 is 20.1 Å². The summed E-state index contributed by atoms with van der Waals surface area (Å²) in [6, 6.07) is 12.3. The van der Waals surface area contributed by atoms with Gasteiger partial charge in [-0.3, -0.25) is 4.98 Å². The Morgan fingerprint density at radius 1 is 1.23 bits per heavy atom. The van der Waals surface area contributed by atoms with Crippen LogP contribution in [0.3, 0.4) is 0 Å². The topological polar surface area (TPSA) is 67.8 Å². The Morgan fingerprint density at radius 3 is 2.83 bits per heavy atom. The van der Waals surface area contributed by atoms with Gasteiger partial charge in [0.1, 0.15) is 12.4 Å². The highest BCUT2D eigenvalue weighted by Crippen LogP contribution is 2.23. The molecule has 1 aliphatic rings. The summed E-state index contributed by atoms with van der Waals surface area (Å²) in [5.41, 5.74) is 4.25. The molecule has 1 aromatic heterocycles. The number of guanidine groups is 1. The summed E-state index contributed by atoms with van der Waals surface area (Å²) in [6.45, 7) is 9.53. The molecule has 2 aromatic rings. The van der Waals surface area contributed by atoms with E-state index >= 15 is 0 Å². The highest BCUT2D eigenvalue weighted by Gasteiger charge is 2.17. The first-order valence-electron chi connectivity index (χ1n) is 10.4. The van der Waals surface area contributed by atoms with Crippen LogP contribution in [-0.2, 0) is 17.8 Å². The molecule has 3 rings (SSSR count). The summed E-state index contributed by atoms with van der Waals surface area (Å²) in [4.78, 5) is 9.28. The van der Waals surface area contributed by atoms with E-state index < -0.39 is 0 Å². The third-order valence-electron chi connectivity index (χ3n) is 4.81. The van der Waals surface area contributed by atoms with Crippen LogP contribution < -0.4 is 15.4 Å². The van der Waals surface area contributed by atoms with Crippen LogP contribution in [0.15, 0.2) is 41.4 Å². The number of aliphatic imine (C=N–C) groups is 1. The predicted molar refractivity (Wildman–Crippen MR) is 132 cm³/mol. The normalized spacial score (nSPS) is 16.1. The largest absolute Gasteiger partial charge is 0.491 e. The molecule has 7 heteroatoms. The number of rotatable bonds is 8. The van der Waals surface area contributed by atoms with Crippen molar-refractivity contribution in [2.45, 2.75) is 52.8 Å². The molecule has 1 fully saturated rings. The maximum Gasteiger partial charge on any atom is 0.191 e. The van der Waals surface area contributed by atoms with Gasteiger partial charge in [0.05, 0.1) is 24.9 Å². The molecule has 0 spiro atoms. The van der Waals surface area contributed by atoms with Crippen molar-refractivity contribution in [2.24, 2.45) is 4.99 Å². The Labute approximate surface area is 196 Å². The Balaban J connectivity index is 0.00000320. The molecule has 0 radical (unpaired) electrons. The van der Waals surface area contributed by atoms with Crippen LogP contribution in [0.2, 0.25) is 0 Å². The second-order valence-electron chi connectivity index (χ2n) is 7.38. The van der Waals surface area contributed by atoms with Crippen LogP contribution in [-0.4, -0.2) is 36.8 Å². The maximum atomic E-state index is 6.09. The molecule has 1 saturated heterocycles. The predicted octanol–water partition coefficient (Wildman–Crippen LogP) is 4.13. The van der Waals surface area contributed by atoms with Gasteiger partial charge in [0.15, 0.2) is 5.96 Å². The van der Waals surface area contributed by atoms with Crippen molar-refractivity contribution in [3.63, 3.8) is 0 Å². The minimum atomic E-state index is 0. The highest BCUT2D eigenvalue weighted by atomic mass is 127. The van der Waals surface area contributed by atoms with Crippen molar-refractivity contribution in [1.82, 2.24) is 15.6 Å². The minimum Gasteiger partial charge on any atom is -0.491 e. The number of hydrogen-bond donors (Lipinski definition) is 2. The van der Waals surface area contributed by atoms with E-state index in [9.17, 15) is 0 Å². The molecule has 1 aromatic carbocycles. The molecule has 2 heterocycles. The van der Waals surface area contributed by atoms with Gasteiger partial charge >= 0.3 is 0 Å². The SMILES string of the molecule is CCNC(=NCc1ccc(C)cc1OCC1CCCO1)NCc1cccc(C)n1.I. The summed E-state index contributed by atoms with van der Waals surface area (Å²) >= 11 is 0. The van der Waals surface area contributed by atoms with E-state index in [1.54, 1.807) is 0 Å². The molecule has 164 valence electrons. The maximum absolute atomic E-state index is 6.09. The van der Waals surface area contributed by atoms with Crippen molar-refractivity contribution < 1.29 is 9.47 Å². The molecule has 0 bridgehead atoms. The first-order valence-corrected chi connectivity index (χ1v) is 10.4. The van der Waals surface area contributed by atoms with Crippen LogP contribution in [0.4, 0.5) is 0 Å². The summed E-state index contributed by atoms with van der Waals surface area (Å²) in [6.07, 6.45) is 2.39. The fourth-order valence-electron chi connectivity index (χ4n) is 3.26. The van der Waals surface area contributed by atoms with Gasteiger partial charge in [0.2, 0.25) is 0 Å². The zero-order valence-electron chi connectivity index (χ0n) is 18.1. The van der Waals surface area contributed by atoms with E-state index in [-0.39, 0.29) is 30.1 Å². The summed E-state index contributed by atoms with van der Waals surface area (Å²) < 4.78 is 11.8. The second-order valence-corrected chi connectivity index (χ2v) is 7.38. The number of pyridine rings is 1. The Morgan fingerprint density at radius 2 is 2.10 bits per heavy atom. The lowest BCUT2D eigenvalue weighted by atomic mass is 10.1. The molecule has 0 saturated carbocycles. The van der Waals surface area contributed by atoms with Gasteiger partial charge in [-0.25, -0.2) is 4.99 Å². The third-order valence-corrected chi connectivity index (χ3v) is 4.81. The first-order chi connectivity index (χ1) is 14.1. The van der Waals surface area contributed by atoms with Gasteiger partial charge in [-0.1, -0.05) is 18.2 Å². The monoisotopic (exact) mass is 524 g/mol.